The van der Waals surface area contributed by atoms with Gasteiger partial charge in [0.15, 0.2) is 5.60 Å². The lowest BCUT2D eigenvalue weighted by molar-refractivity contribution is -0.157. The Labute approximate surface area is 134 Å². The van der Waals surface area contributed by atoms with Gasteiger partial charge in [-0.15, -0.1) is 16.4 Å². The molecule has 2 aromatic heterocycles. The molecule has 0 aliphatic heterocycles. The van der Waals surface area contributed by atoms with Crippen molar-refractivity contribution in [1.29, 1.82) is 0 Å². The second-order valence-electron chi connectivity index (χ2n) is 5.43. The van der Waals surface area contributed by atoms with Crippen LogP contribution in [-0.2, 0) is 11.3 Å². The van der Waals surface area contributed by atoms with Crippen LogP contribution in [0.4, 0.5) is 0 Å². The first-order valence-corrected chi connectivity index (χ1v) is 7.74. The van der Waals surface area contributed by atoms with E-state index in [0.717, 1.165) is 11.0 Å². The largest absolute Gasteiger partial charge is 0.479 e. The summed E-state index contributed by atoms with van der Waals surface area (Å²) in [5.74, 6) is -1.49. The Hall–Kier alpha value is -2.07. The summed E-state index contributed by atoms with van der Waals surface area (Å²) >= 11 is 1.56. The van der Waals surface area contributed by atoms with Gasteiger partial charge < -0.3 is 20.4 Å². The standard InChI is InChI=1S/C14H15N3O5S/c18-11-5-14(22,13(20)21)4-9(12(11)19)10-7-17(16-15-10)6-8-2-1-3-23-8/h1-4,7,11-12,18-19,22H,5-6H2,(H,20,21)/t11-,12-,14+/m1/s1. The van der Waals surface area contributed by atoms with Gasteiger partial charge in [0.05, 0.1) is 18.8 Å². The Morgan fingerprint density at radius 1 is 1.48 bits per heavy atom. The third-order valence-electron chi connectivity index (χ3n) is 3.70. The summed E-state index contributed by atoms with van der Waals surface area (Å²) in [6, 6.07) is 3.85. The average molecular weight is 337 g/mol. The van der Waals surface area contributed by atoms with Crippen molar-refractivity contribution in [1.82, 2.24) is 15.0 Å². The second-order valence-corrected chi connectivity index (χ2v) is 6.46. The van der Waals surface area contributed by atoms with Gasteiger partial charge in [-0.3, -0.25) is 0 Å². The third kappa shape index (κ3) is 3.04. The number of carbonyl (C=O) groups is 1. The molecule has 0 saturated carbocycles. The lowest BCUT2D eigenvalue weighted by Crippen LogP contribution is -2.47. The zero-order valence-corrected chi connectivity index (χ0v) is 12.7. The van der Waals surface area contributed by atoms with Crippen molar-refractivity contribution in [2.24, 2.45) is 0 Å². The van der Waals surface area contributed by atoms with E-state index in [1.807, 2.05) is 17.5 Å². The fourth-order valence-electron chi connectivity index (χ4n) is 2.48. The number of carboxylic acid groups (broad SMARTS) is 1. The number of nitrogens with zero attached hydrogens (tertiary/aromatic N) is 3. The van der Waals surface area contributed by atoms with Crippen molar-refractivity contribution in [3.63, 3.8) is 0 Å². The molecular formula is C14H15N3O5S. The van der Waals surface area contributed by atoms with Gasteiger partial charge in [-0.1, -0.05) is 11.3 Å². The molecule has 3 rings (SSSR count). The number of aliphatic hydroxyl groups is 3. The molecule has 4 N–H and O–H groups in total. The molecule has 0 spiro atoms. The summed E-state index contributed by atoms with van der Waals surface area (Å²) in [6.07, 6.45) is -0.669. The van der Waals surface area contributed by atoms with Crippen molar-refractivity contribution in [3.8, 4) is 0 Å². The van der Waals surface area contributed by atoms with E-state index >= 15 is 0 Å². The van der Waals surface area contributed by atoms with Crippen LogP contribution in [0.2, 0.25) is 0 Å². The monoisotopic (exact) mass is 337 g/mol. The molecule has 0 radical (unpaired) electrons. The lowest BCUT2D eigenvalue weighted by Gasteiger charge is -2.32. The van der Waals surface area contributed by atoms with Gasteiger partial charge in [0.2, 0.25) is 0 Å². The summed E-state index contributed by atoms with van der Waals surface area (Å²) < 4.78 is 1.54. The number of carboxylic acids is 1. The van der Waals surface area contributed by atoms with Crippen molar-refractivity contribution in [2.75, 3.05) is 0 Å². The maximum absolute atomic E-state index is 11.2. The molecule has 0 amide bonds. The molecule has 0 fully saturated rings. The summed E-state index contributed by atoms with van der Waals surface area (Å²) in [4.78, 5) is 12.3. The van der Waals surface area contributed by atoms with Crippen molar-refractivity contribution >= 4 is 22.9 Å². The highest BCUT2D eigenvalue weighted by Crippen LogP contribution is 2.32. The molecule has 1 aliphatic rings. The maximum Gasteiger partial charge on any atom is 0.339 e. The quantitative estimate of drug-likeness (QED) is 0.603. The number of aromatic nitrogens is 3. The fraction of sp³-hybridized carbons (Fsp3) is 0.357. The first-order chi connectivity index (χ1) is 10.9. The minimum absolute atomic E-state index is 0.0473. The Morgan fingerprint density at radius 3 is 2.91 bits per heavy atom. The number of hydrogen-bond acceptors (Lipinski definition) is 7. The van der Waals surface area contributed by atoms with E-state index in [-0.39, 0.29) is 11.3 Å². The van der Waals surface area contributed by atoms with Crippen LogP contribution >= 0.6 is 11.3 Å². The van der Waals surface area contributed by atoms with E-state index in [9.17, 15) is 20.1 Å². The Balaban J connectivity index is 1.91. The van der Waals surface area contributed by atoms with Crippen LogP contribution in [0.3, 0.4) is 0 Å². The third-order valence-corrected chi connectivity index (χ3v) is 4.56. The van der Waals surface area contributed by atoms with E-state index in [4.69, 9.17) is 5.11 Å². The van der Waals surface area contributed by atoms with Crippen LogP contribution in [0.1, 0.15) is 17.0 Å². The van der Waals surface area contributed by atoms with Gasteiger partial charge in [-0.25, -0.2) is 9.48 Å². The SMILES string of the molecule is O=C(O)[C@]1(O)C=C(c2cn(Cc3cccs3)nn2)[C@@H](O)[C@H](O)C1. The molecule has 0 aromatic carbocycles. The molecule has 1 aliphatic carbocycles. The van der Waals surface area contributed by atoms with Crippen LogP contribution < -0.4 is 0 Å². The number of rotatable bonds is 4. The Morgan fingerprint density at radius 2 is 2.26 bits per heavy atom. The van der Waals surface area contributed by atoms with Gasteiger partial charge in [0, 0.05) is 16.9 Å². The summed E-state index contributed by atoms with van der Waals surface area (Å²) in [7, 11) is 0. The lowest BCUT2D eigenvalue weighted by atomic mass is 9.82. The zero-order chi connectivity index (χ0) is 16.6. The van der Waals surface area contributed by atoms with Gasteiger partial charge in [0.1, 0.15) is 11.8 Å². The summed E-state index contributed by atoms with van der Waals surface area (Å²) in [5.41, 5.74) is -1.98. The molecule has 9 heteroatoms. The highest BCUT2D eigenvalue weighted by molar-refractivity contribution is 7.09. The maximum atomic E-state index is 11.2. The van der Waals surface area contributed by atoms with Crippen LogP contribution in [0.25, 0.3) is 5.57 Å². The van der Waals surface area contributed by atoms with Crippen molar-refractivity contribution in [3.05, 3.63) is 40.4 Å². The van der Waals surface area contributed by atoms with Gasteiger partial charge in [0.25, 0.3) is 0 Å². The Kier molecular flexibility index (Phi) is 4.02. The minimum atomic E-state index is -2.24. The van der Waals surface area contributed by atoms with Crippen molar-refractivity contribution in [2.45, 2.75) is 30.8 Å². The van der Waals surface area contributed by atoms with Crippen LogP contribution in [0.5, 0.6) is 0 Å². The summed E-state index contributed by atoms with van der Waals surface area (Å²) in [5, 5.41) is 48.9. The average Bonchev–Trinajstić information content (AvgIpc) is 3.15. The fourth-order valence-corrected chi connectivity index (χ4v) is 3.18. The molecule has 2 aromatic rings. The predicted octanol–water partition coefficient (Wildman–Crippen LogP) is -0.288. The van der Waals surface area contributed by atoms with Crippen molar-refractivity contribution < 1.29 is 25.2 Å². The van der Waals surface area contributed by atoms with Gasteiger partial charge in [-0.05, 0) is 17.5 Å². The molecule has 2 heterocycles. The van der Waals surface area contributed by atoms with Crippen LogP contribution in [0.15, 0.2) is 29.8 Å². The second kappa shape index (κ2) is 5.85. The molecule has 8 nitrogen and oxygen atoms in total. The predicted molar refractivity (Wildman–Crippen MR) is 80.6 cm³/mol. The molecule has 3 atom stereocenters. The molecule has 0 saturated heterocycles. The number of aliphatic carboxylic acids is 1. The zero-order valence-electron chi connectivity index (χ0n) is 11.9. The van der Waals surface area contributed by atoms with E-state index in [1.165, 1.54) is 10.9 Å². The molecule has 122 valence electrons. The highest BCUT2D eigenvalue weighted by Gasteiger charge is 2.44. The van der Waals surface area contributed by atoms with E-state index in [0.29, 0.717) is 6.54 Å². The van der Waals surface area contributed by atoms with E-state index in [1.54, 1.807) is 11.3 Å². The normalized spacial score (nSPS) is 27.7. The van der Waals surface area contributed by atoms with E-state index in [2.05, 4.69) is 10.3 Å². The number of aliphatic hydroxyl groups excluding tert-OH is 2. The van der Waals surface area contributed by atoms with E-state index < -0.39 is 30.2 Å². The van der Waals surface area contributed by atoms with Gasteiger partial charge in [-0.2, -0.15) is 0 Å². The first kappa shape index (κ1) is 15.8. The Bertz CT molecular complexity index is 741. The first-order valence-electron chi connectivity index (χ1n) is 6.86. The van der Waals surface area contributed by atoms with Crippen LogP contribution in [0, 0.1) is 0 Å². The number of thiophene rings is 1. The molecule has 0 bridgehead atoms. The minimum Gasteiger partial charge on any atom is -0.479 e. The molecule has 0 unspecified atom stereocenters. The highest BCUT2D eigenvalue weighted by atomic mass is 32.1. The summed E-state index contributed by atoms with van der Waals surface area (Å²) in [6.45, 7) is 0.486. The smallest absolute Gasteiger partial charge is 0.339 e. The topological polar surface area (TPSA) is 129 Å². The molecule has 23 heavy (non-hydrogen) atoms. The van der Waals surface area contributed by atoms with Gasteiger partial charge >= 0.3 is 5.97 Å². The molecular weight excluding hydrogens is 322 g/mol. The number of hydrogen-bond donors (Lipinski definition) is 4. The van der Waals surface area contributed by atoms with Crippen LogP contribution in [-0.4, -0.2) is 59.2 Å².